The van der Waals surface area contributed by atoms with Gasteiger partial charge in [0.1, 0.15) is 11.2 Å². The Morgan fingerprint density at radius 1 is 0.344 bits per heavy atom. The van der Waals surface area contributed by atoms with Gasteiger partial charge in [-0.05, 0) is 116 Å². The van der Waals surface area contributed by atoms with Gasteiger partial charge >= 0.3 is 0 Å². The predicted octanol–water partition coefficient (Wildman–Crippen LogP) is 17.1. The second-order valence-corrected chi connectivity index (χ2v) is 17.8. The van der Waals surface area contributed by atoms with Gasteiger partial charge in [0.25, 0.3) is 0 Å². The first-order valence-electron chi connectivity index (χ1n) is 21.9. The molecule has 0 spiro atoms. The number of anilines is 3. The fourth-order valence-corrected chi connectivity index (χ4v) is 11.8. The van der Waals surface area contributed by atoms with Crippen LogP contribution in [-0.4, -0.2) is 0 Å². The summed E-state index contributed by atoms with van der Waals surface area (Å²) in [5.41, 5.74) is 17.0. The Morgan fingerprint density at radius 2 is 0.938 bits per heavy atom. The Balaban J connectivity index is 0.995. The Morgan fingerprint density at radius 3 is 1.77 bits per heavy atom. The van der Waals surface area contributed by atoms with Crippen LogP contribution < -0.4 is 4.90 Å². The van der Waals surface area contributed by atoms with Crippen LogP contribution in [-0.2, 0) is 5.41 Å². The minimum atomic E-state index is -0.469. The van der Waals surface area contributed by atoms with E-state index in [1.54, 1.807) is 0 Å². The number of hydrogen-bond acceptors (Lipinski definition) is 3. The van der Waals surface area contributed by atoms with E-state index in [1.807, 2.05) is 23.5 Å². The van der Waals surface area contributed by atoms with E-state index < -0.39 is 5.41 Å². The van der Waals surface area contributed by atoms with Gasteiger partial charge in [0.05, 0.1) is 5.41 Å². The molecule has 0 bridgehead atoms. The monoisotopic (exact) mass is 833 g/mol. The number of nitrogens with zero attached hydrogens (tertiary/aromatic N) is 1. The summed E-state index contributed by atoms with van der Waals surface area (Å²) in [6.45, 7) is 0. The second kappa shape index (κ2) is 14.6. The first-order chi connectivity index (χ1) is 31.7. The summed E-state index contributed by atoms with van der Waals surface area (Å²) in [7, 11) is 0. The van der Waals surface area contributed by atoms with Gasteiger partial charge in [-0.15, -0.1) is 11.3 Å². The summed E-state index contributed by atoms with van der Waals surface area (Å²) in [5, 5.41) is 4.87. The molecule has 2 aromatic heterocycles. The molecule has 0 aliphatic heterocycles. The summed E-state index contributed by atoms with van der Waals surface area (Å²) >= 11 is 1.87. The van der Waals surface area contributed by atoms with Crippen LogP contribution >= 0.6 is 11.3 Å². The largest absolute Gasteiger partial charge is 0.456 e. The highest BCUT2D eigenvalue weighted by Gasteiger charge is 2.46. The molecule has 10 aromatic carbocycles. The summed E-state index contributed by atoms with van der Waals surface area (Å²) in [6.07, 6.45) is 0. The van der Waals surface area contributed by atoms with Crippen molar-refractivity contribution in [2.24, 2.45) is 0 Å². The zero-order valence-electron chi connectivity index (χ0n) is 34.8. The molecule has 1 aliphatic rings. The molecule has 12 aromatic rings. The van der Waals surface area contributed by atoms with Gasteiger partial charge in [0.2, 0.25) is 0 Å². The fourth-order valence-electron chi connectivity index (χ4n) is 10.5. The summed E-state index contributed by atoms with van der Waals surface area (Å²) in [5.74, 6) is 0. The number of thiophene rings is 1. The predicted molar refractivity (Wildman–Crippen MR) is 269 cm³/mol. The van der Waals surface area contributed by atoms with Crippen molar-refractivity contribution in [2.45, 2.75) is 5.41 Å². The Kier molecular flexibility index (Phi) is 8.34. The van der Waals surface area contributed by atoms with E-state index in [0.717, 1.165) is 50.1 Å². The summed E-state index contributed by atoms with van der Waals surface area (Å²) < 4.78 is 8.86. The van der Waals surface area contributed by atoms with E-state index in [2.05, 4.69) is 229 Å². The van der Waals surface area contributed by atoms with Crippen LogP contribution in [0.4, 0.5) is 17.1 Å². The van der Waals surface area contributed by atoms with Crippen molar-refractivity contribution in [3.8, 4) is 33.4 Å². The van der Waals surface area contributed by atoms with Crippen molar-refractivity contribution in [3.63, 3.8) is 0 Å². The van der Waals surface area contributed by atoms with Gasteiger partial charge in [0, 0.05) is 48.0 Å². The number of rotatable bonds is 7. The van der Waals surface area contributed by atoms with Crippen molar-refractivity contribution >= 4 is 70.5 Å². The van der Waals surface area contributed by atoms with E-state index in [4.69, 9.17) is 4.42 Å². The number of benzene rings is 10. The smallest absolute Gasteiger partial charge is 0.135 e. The minimum absolute atomic E-state index is 0.469. The highest BCUT2D eigenvalue weighted by Crippen LogP contribution is 2.57. The van der Waals surface area contributed by atoms with Crippen LogP contribution in [0.1, 0.15) is 22.3 Å². The van der Waals surface area contributed by atoms with Gasteiger partial charge in [-0.2, -0.15) is 0 Å². The van der Waals surface area contributed by atoms with Crippen LogP contribution in [0.5, 0.6) is 0 Å². The zero-order valence-corrected chi connectivity index (χ0v) is 35.6. The highest BCUT2D eigenvalue weighted by molar-refractivity contribution is 7.26. The molecule has 0 radical (unpaired) electrons. The van der Waals surface area contributed by atoms with Crippen LogP contribution in [0, 0.1) is 0 Å². The summed E-state index contributed by atoms with van der Waals surface area (Å²) in [4.78, 5) is 2.42. The molecule has 64 heavy (non-hydrogen) atoms. The van der Waals surface area contributed by atoms with E-state index in [0.29, 0.717) is 0 Å². The average Bonchev–Trinajstić information content (AvgIpc) is 4.03. The second-order valence-electron chi connectivity index (χ2n) is 16.8. The van der Waals surface area contributed by atoms with Crippen molar-refractivity contribution < 1.29 is 4.42 Å². The maximum atomic E-state index is 6.23. The lowest BCUT2D eigenvalue weighted by Gasteiger charge is -2.34. The maximum absolute atomic E-state index is 6.23. The lowest BCUT2D eigenvalue weighted by molar-refractivity contribution is 0.669. The van der Waals surface area contributed by atoms with Gasteiger partial charge in [0.15, 0.2) is 0 Å². The molecule has 0 saturated heterocycles. The van der Waals surface area contributed by atoms with Gasteiger partial charge in [-0.1, -0.05) is 176 Å². The van der Waals surface area contributed by atoms with Crippen molar-refractivity contribution in [2.75, 3.05) is 4.90 Å². The van der Waals surface area contributed by atoms with E-state index in [9.17, 15) is 0 Å². The average molecular weight is 834 g/mol. The van der Waals surface area contributed by atoms with Gasteiger partial charge in [-0.3, -0.25) is 0 Å². The lowest BCUT2D eigenvalue weighted by atomic mass is 9.68. The number of fused-ring (bicyclic) bond motifs is 9. The third-order valence-corrected chi connectivity index (χ3v) is 14.6. The molecule has 3 heteroatoms. The van der Waals surface area contributed by atoms with Crippen LogP contribution in [0.3, 0.4) is 0 Å². The number of hydrogen-bond donors (Lipinski definition) is 0. The molecule has 2 nitrogen and oxygen atoms in total. The molecule has 1 aliphatic carbocycles. The Labute approximate surface area is 375 Å². The van der Waals surface area contributed by atoms with Crippen LogP contribution in [0.25, 0.3) is 75.5 Å². The highest BCUT2D eigenvalue weighted by atomic mass is 32.1. The third-order valence-electron chi connectivity index (χ3n) is 13.4. The van der Waals surface area contributed by atoms with Crippen LogP contribution in [0.15, 0.2) is 241 Å². The fraction of sp³-hybridized carbons (Fsp3) is 0.0164. The topological polar surface area (TPSA) is 16.4 Å². The number of para-hydroxylation sites is 1. The molecular formula is C61H39NOS. The molecule has 0 unspecified atom stereocenters. The van der Waals surface area contributed by atoms with Crippen molar-refractivity contribution in [3.05, 3.63) is 259 Å². The quantitative estimate of drug-likeness (QED) is 0.159. The standard InChI is InChI=1S/C61H39NOS/c1-3-16-43(17-4-1)61(44-18-5-2-6-19-44)55-26-10-7-21-49(55)53-39-47(34-35-56(53)61)62(45-32-29-40(30-33-45)48-24-14-25-52-51-23-9-12-28-59(51)64-60(48)52)46-20-13-15-41(37-46)42-31-36-58-54(38-42)50-22-8-11-27-57(50)63-58/h1-39H. The van der Waals surface area contributed by atoms with E-state index in [-0.39, 0.29) is 0 Å². The maximum Gasteiger partial charge on any atom is 0.135 e. The van der Waals surface area contributed by atoms with E-state index in [1.165, 1.54) is 64.7 Å². The molecule has 0 N–H and O–H groups in total. The molecule has 300 valence electrons. The van der Waals surface area contributed by atoms with E-state index >= 15 is 0 Å². The first-order valence-corrected chi connectivity index (χ1v) is 22.7. The van der Waals surface area contributed by atoms with Crippen molar-refractivity contribution in [1.82, 2.24) is 0 Å². The minimum Gasteiger partial charge on any atom is -0.456 e. The lowest BCUT2D eigenvalue weighted by Crippen LogP contribution is -2.28. The molecule has 0 amide bonds. The Hall–Kier alpha value is -7.98. The van der Waals surface area contributed by atoms with Crippen LogP contribution in [0.2, 0.25) is 0 Å². The summed E-state index contributed by atoms with van der Waals surface area (Å²) in [6, 6.07) is 86.6. The molecule has 0 atom stereocenters. The SMILES string of the molecule is c1ccc(C2(c3ccccc3)c3ccccc3-c3cc(N(c4ccc(-c5cccc6c5sc5ccccc56)cc4)c4cccc(-c5ccc6oc7ccccc7c6c5)c4)ccc32)cc1. The van der Waals surface area contributed by atoms with Crippen molar-refractivity contribution in [1.29, 1.82) is 0 Å². The Bertz CT molecular complexity index is 3690. The molecule has 0 fully saturated rings. The molecular weight excluding hydrogens is 795 g/mol. The zero-order chi connectivity index (χ0) is 42.2. The molecule has 0 saturated carbocycles. The normalized spacial score (nSPS) is 12.8. The van der Waals surface area contributed by atoms with Gasteiger partial charge in [-0.25, -0.2) is 0 Å². The van der Waals surface area contributed by atoms with Gasteiger partial charge < -0.3 is 9.32 Å². The molecule has 13 rings (SSSR count). The number of furan rings is 1. The third kappa shape index (κ3) is 5.58. The molecule has 2 heterocycles. The first kappa shape index (κ1) is 36.7.